The van der Waals surface area contributed by atoms with Crippen molar-refractivity contribution in [1.29, 1.82) is 0 Å². The molecule has 0 radical (unpaired) electrons. The lowest BCUT2D eigenvalue weighted by Gasteiger charge is -2.11. The molecule has 4 rings (SSSR count). The van der Waals surface area contributed by atoms with E-state index in [2.05, 4.69) is 30.2 Å². The second-order valence-corrected chi connectivity index (χ2v) is 6.26. The van der Waals surface area contributed by atoms with Crippen LogP contribution in [0.25, 0.3) is 17.3 Å². The first-order valence-electron chi connectivity index (χ1n) is 6.08. The molecule has 9 nitrogen and oxygen atoms in total. The molecule has 0 aliphatic rings. The smallest absolute Gasteiger partial charge is 0.193 e. The van der Waals surface area contributed by atoms with Crippen molar-refractivity contribution in [2.45, 2.75) is 26.2 Å². The highest BCUT2D eigenvalue weighted by molar-refractivity contribution is 6.28. The third kappa shape index (κ3) is 1.70. The monoisotopic (exact) mass is 325 g/mol. The number of hydrogen-bond acceptors (Lipinski definition) is 6. The summed E-state index contributed by atoms with van der Waals surface area (Å²) < 4.78 is 4.41. The largest absolute Gasteiger partial charge is 0.261 e. The molecule has 0 amide bonds. The summed E-state index contributed by atoms with van der Waals surface area (Å²) in [7, 11) is 0. The Morgan fingerprint density at radius 2 is 1.14 bits per heavy atom. The first-order valence-corrected chi connectivity index (χ1v) is 6.84. The van der Waals surface area contributed by atoms with Crippen molar-refractivity contribution >= 4 is 40.5 Å². The number of rotatable bonds is 0. The summed E-state index contributed by atoms with van der Waals surface area (Å²) in [5.41, 5.74) is -0.233. The lowest BCUT2D eigenvalue weighted by atomic mass is 9.96. The van der Waals surface area contributed by atoms with Gasteiger partial charge in [0.05, 0.1) is 0 Å². The fraction of sp³-hybridized carbons (Fsp3) is 0.400. The van der Waals surface area contributed by atoms with E-state index in [9.17, 15) is 0 Å². The Morgan fingerprint density at radius 3 is 1.62 bits per heavy atom. The normalized spacial score (nSPS) is 13.0. The molecule has 0 aromatic carbocycles. The van der Waals surface area contributed by atoms with Gasteiger partial charge < -0.3 is 0 Å². The van der Waals surface area contributed by atoms with Crippen LogP contribution in [-0.4, -0.2) is 43.8 Å². The van der Waals surface area contributed by atoms with Gasteiger partial charge in [-0.15, -0.1) is 15.3 Å². The molecule has 4 heterocycles. The predicted molar refractivity (Wildman–Crippen MR) is 74.8 cm³/mol. The molecule has 4 aromatic rings. The Morgan fingerprint density at radius 1 is 0.714 bits per heavy atom. The quantitative estimate of drug-likeness (QED) is 0.485. The highest BCUT2D eigenvalue weighted by Gasteiger charge is 2.24. The summed E-state index contributed by atoms with van der Waals surface area (Å²) in [5, 5.41) is 12.8. The van der Waals surface area contributed by atoms with Gasteiger partial charge in [-0.3, -0.25) is 0 Å². The maximum absolute atomic E-state index is 5.89. The van der Waals surface area contributed by atoms with Gasteiger partial charge in [0.25, 0.3) is 17.3 Å². The SMILES string of the molecule is CC(C)(C)c1nc2n3nc(Cl)nc3n3nc(Cl)nc3n2n1. The highest BCUT2D eigenvalue weighted by atomic mass is 35.5. The average molecular weight is 326 g/mol. The molecular formula is C10H9Cl2N9. The van der Waals surface area contributed by atoms with Gasteiger partial charge >= 0.3 is 0 Å². The van der Waals surface area contributed by atoms with E-state index in [4.69, 9.17) is 23.2 Å². The number of fused-ring (bicyclic) bond motifs is 6. The van der Waals surface area contributed by atoms with Crippen LogP contribution in [0.1, 0.15) is 26.6 Å². The van der Waals surface area contributed by atoms with Crippen molar-refractivity contribution < 1.29 is 0 Å². The third-order valence-electron chi connectivity index (χ3n) is 2.96. The molecule has 108 valence electrons. The molecule has 0 N–H and O–H groups in total. The average Bonchev–Trinajstić information content (AvgIpc) is 3.01. The molecule has 0 atom stereocenters. The zero-order chi connectivity index (χ0) is 14.9. The van der Waals surface area contributed by atoms with Crippen LogP contribution in [0.4, 0.5) is 0 Å². The molecule has 21 heavy (non-hydrogen) atoms. The van der Waals surface area contributed by atoms with Gasteiger partial charge in [0, 0.05) is 5.41 Å². The molecule has 0 spiro atoms. The Bertz CT molecular complexity index is 929. The lowest BCUT2D eigenvalue weighted by molar-refractivity contribution is 0.545. The predicted octanol–water partition coefficient (Wildman–Crippen LogP) is 1.42. The van der Waals surface area contributed by atoms with Crippen LogP contribution < -0.4 is 0 Å². The zero-order valence-corrected chi connectivity index (χ0v) is 12.8. The summed E-state index contributed by atoms with van der Waals surface area (Å²) >= 11 is 11.8. The van der Waals surface area contributed by atoms with Gasteiger partial charge in [-0.1, -0.05) is 20.8 Å². The van der Waals surface area contributed by atoms with Crippen LogP contribution in [0.2, 0.25) is 10.6 Å². The first kappa shape index (κ1) is 12.7. The second kappa shape index (κ2) is 3.80. The minimum atomic E-state index is -0.233. The van der Waals surface area contributed by atoms with Crippen LogP contribution in [0.5, 0.6) is 0 Å². The van der Waals surface area contributed by atoms with Crippen molar-refractivity contribution in [3.05, 3.63) is 16.4 Å². The zero-order valence-electron chi connectivity index (χ0n) is 11.3. The minimum absolute atomic E-state index is 0.0799. The third-order valence-corrected chi connectivity index (χ3v) is 3.28. The van der Waals surface area contributed by atoms with Crippen molar-refractivity contribution in [1.82, 2.24) is 43.8 Å². The number of aromatic nitrogens is 9. The summed E-state index contributed by atoms with van der Waals surface area (Å²) in [6.45, 7) is 6.05. The topological polar surface area (TPSA) is 90.6 Å². The van der Waals surface area contributed by atoms with Gasteiger partial charge in [0.1, 0.15) is 0 Å². The number of nitrogens with zero attached hydrogens (tertiary/aromatic N) is 9. The fourth-order valence-corrected chi connectivity index (χ4v) is 2.30. The van der Waals surface area contributed by atoms with Gasteiger partial charge in [-0.05, 0) is 23.2 Å². The number of halogens is 2. The molecule has 0 aliphatic heterocycles. The standard InChI is InChI=1S/C10H9Cl2N9/c1-10(2,3)4-13-7-19(16-4)8-14-5(11)18-21(8)9-15-6(12)17-20(7)9/h1-3H3. The van der Waals surface area contributed by atoms with E-state index >= 15 is 0 Å². The molecule has 0 saturated heterocycles. The lowest BCUT2D eigenvalue weighted by Crippen LogP contribution is -2.13. The Kier molecular flexibility index (Phi) is 2.30. The van der Waals surface area contributed by atoms with Crippen LogP contribution >= 0.6 is 23.2 Å². The van der Waals surface area contributed by atoms with Crippen molar-refractivity contribution in [2.75, 3.05) is 0 Å². The van der Waals surface area contributed by atoms with Crippen molar-refractivity contribution in [2.24, 2.45) is 0 Å². The van der Waals surface area contributed by atoms with Crippen LogP contribution in [0, 0.1) is 0 Å². The Balaban J connectivity index is 2.28. The molecular weight excluding hydrogens is 317 g/mol. The van der Waals surface area contributed by atoms with Crippen LogP contribution in [-0.2, 0) is 5.41 Å². The highest BCUT2D eigenvalue weighted by Crippen LogP contribution is 2.21. The van der Waals surface area contributed by atoms with E-state index in [1.54, 1.807) is 0 Å². The van der Waals surface area contributed by atoms with Gasteiger partial charge in [0.2, 0.25) is 10.6 Å². The molecule has 0 bridgehead atoms. The van der Waals surface area contributed by atoms with Gasteiger partial charge in [-0.25, -0.2) is 0 Å². The molecule has 0 unspecified atom stereocenters. The van der Waals surface area contributed by atoms with E-state index in [1.807, 2.05) is 20.8 Å². The molecule has 0 fully saturated rings. The first-order chi connectivity index (χ1) is 9.84. The summed E-state index contributed by atoms with van der Waals surface area (Å²) in [5.74, 6) is 1.86. The van der Waals surface area contributed by atoms with E-state index in [1.165, 1.54) is 13.5 Å². The van der Waals surface area contributed by atoms with E-state index in [0.717, 1.165) is 0 Å². The fourth-order valence-electron chi connectivity index (χ4n) is 1.99. The van der Waals surface area contributed by atoms with Gasteiger partial charge in [0.15, 0.2) is 5.82 Å². The summed E-state index contributed by atoms with van der Waals surface area (Å²) in [4.78, 5) is 12.8. The van der Waals surface area contributed by atoms with E-state index in [-0.39, 0.29) is 16.0 Å². The van der Waals surface area contributed by atoms with Crippen molar-refractivity contribution in [3.8, 4) is 0 Å². The second-order valence-electron chi connectivity index (χ2n) is 5.58. The Hall–Kier alpha value is -2.00. The van der Waals surface area contributed by atoms with Crippen LogP contribution in [0.3, 0.4) is 0 Å². The maximum atomic E-state index is 5.89. The Labute approximate surface area is 127 Å². The van der Waals surface area contributed by atoms with Crippen LogP contribution in [0.15, 0.2) is 0 Å². The molecule has 11 heteroatoms. The molecule has 4 aromatic heterocycles. The summed E-state index contributed by atoms with van der Waals surface area (Å²) in [6.07, 6.45) is 0. The number of hydrogen-bond donors (Lipinski definition) is 0. The maximum Gasteiger partial charge on any atom is 0.261 e. The van der Waals surface area contributed by atoms with E-state index in [0.29, 0.717) is 23.2 Å². The minimum Gasteiger partial charge on any atom is -0.193 e. The van der Waals surface area contributed by atoms with Gasteiger partial charge in [-0.2, -0.15) is 28.5 Å². The molecule has 0 aliphatic carbocycles. The van der Waals surface area contributed by atoms with Crippen molar-refractivity contribution in [3.63, 3.8) is 0 Å². The van der Waals surface area contributed by atoms with E-state index < -0.39 is 0 Å². The molecule has 0 saturated carbocycles. The summed E-state index contributed by atoms with van der Waals surface area (Å²) in [6, 6.07) is 0.